The first-order valence-electron chi connectivity index (χ1n) is 10.7. The molecule has 1 aliphatic carbocycles. The van der Waals surface area contributed by atoms with Gasteiger partial charge in [0.1, 0.15) is 12.1 Å². The molecule has 1 aliphatic heterocycles. The summed E-state index contributed by atoms with van der Waals surface area (Å²) in [6, 6.07) is 1.27. The molecule has 2 heterocycles. The zero-order valence-corrected chi connectivity index (χ0v) is 18.7. The summed E-state index contributed by atoms with van der Waals surface area (Å²) in [4.78, 5) is 52.9. The molecule has 0 atom stereocenters. The van der Waals surface area contributed by atoms with Gasteiger partial charge in [0.25, 0.3) is 5.91 Å². The van der Waals surface area contributed by atoms with E-state index in [1.54, 1.807) is 20.2 Å². The standard InChI is InChI=1S/C22H31N3O6/c1-15-12-17(16(2)24(15)10-11-30-4)18(26)14-31-19(27)13-25-20(28)22(23(3)21(25)29)8-6-5-7-9-22/h12H,5-11,13-14H2,1-4H3. The summed E-state index contributed by atoms with van der Waals surface area (Å²) in [5, 5.41) is 0. The lowest BCUT2D eigenvalue weighted by Gasteiger charge is -2.35. The summed E-state index contributed by atoms with van der Waals surface area (Å²) in [5.74, 6) is -1.45. The van der Waals surface area contributed by atoms with Crippen LogP contribution in [-0.4, -0.2) is 77.5 Å². The molecule has 0 radical (unpaired) electrons. The van der Waals surface area contributed by atoms with Crippen LogP contribution >= 0.6 is 0 Å². The van der Waals surface area contributed by atoms with Gasteiger partial charge in [-0.3, -0.25) is 19.3 Å². The van der Waals surface area contributed by atoms with Gasteiger partial charge < -0.3 is 18.9 Å². The average Bonchev–Trinajstić information content (AvgIpc) is 3.13. The molecule has 1 spiro atoms. The fraction of sp³-hybridized carbons (Fsp3) is 0.636. The second kappa shape index (κ2) is 9.21. The summed E-state index contributed by atoms with van der Waals surface area (Å²) < 4.78 is 12.2. The van der Waals surface area contributed by atoms with Gasteiger partial charge >= 0.3 is 12.0 Å². The Bertz CT molecular complexity index is 884. The highest BCUT2D eigenvalue weighted by Gasteiger charge is 2.55. The number of carbonyl (C=O) groups is 4. The predicted octanol–water partition coefficient (Wildman–Crippen LogP) is 2.07. The van der Waals surface area contributed by atoms with Gasteiger partial charge in [-0.2, -0.15) is 0 Å². The number of aryl methyl sites for hydroxylation is 1. The highest BCUT2D eigenvalue weighted by molar-refractivity contribution is 6.08. The molecule has 2 aliphatic rings. The van der Waals surface area contributed by atoms with Crippen molar-refractivity contribution in [1.82, 2.24) is 14.4 Å². The van der Waals surface area contributed by atoms with E-state index in [9.17, 15) is 19.2 Å². The number of hydrogen-bond donors (Lipinski definition) is 0. The number of aromatic nitrogens is 1. The molecule has 9 heteroatoms. The highest BCUT2D eigenvalue weighted by atomic mass is 16.5. The van der Waals surface area contributed by atoms with Gasteiger partial charge in [0, 0.05) is 37.7 Å². The summed E-state index contributed by atoms with van der Waals surface area (Å²) in [6.07, 6.45) is 4.00. The smallest absolute Gasteiger partial charge is 0.327 e. The minimum atomic E-state index is -0.842. The van der Waals surface area contributed by atoms with Crippen LogP contribution in [0.25, 0.3) is 0 Å². The lowest BCUT2D eigenvalue weighted by molar-refractivity contribution is -0.147. The summed E-state index contributed by atoms with van der Waals surface area (Å²) in [5.41, 5.74) is 1.33. The number of carbonyl (C=O) groups excluding carboxylic acids is 4. The van der Waals surface area contributed by atoms with Crippen molar-refractivity contribution in [1.29, 1.82) is 0 Å². The Morgan fingerprint density at radius 1 is 1.13 bits per heavy atom. The molecule has 3 amide bonds. The Morgan fingerprint density at radius 2 is 1.81 bits per heavy atom. The number of hydrogen-bond acceptors (Lipinski definition) is 6. The molecule has 1 saturated heterocycles. The van der Waals surface area contributed by atoms with Crippen molar-refractivity contribution in [3.05, 3.63) is 23.0 Å². The SMILES string of the molecule is COCCn1c(C)cc(C(=O)COC(=O)CN2C(=O)N(C)C3(CCCCC3)C2=O)c1C. The first-order valence-corrected chi connectivity index (χ1v) is 10.7. The summed E-state index contributed by atoms with van der Waals surface area (Å²) in [6.45, 7) is 3.95. The van der Waals surface area contributed by atoms with Crippen LogP contribution in [-0.2, 0) is 25.6 Å². The van der Waals surface area contributed by atoms with E-state index in [2.05, 4.69) is 0 Å². The fourth-order valence-electron chi connectivity index (χ4n) is 4.68. The number of nitrogens with zero attached hydrogens (tertiary/aromatic N) is 3. The molecule has 1 aromatic heterocycles. The van der Waals surface area contributed by atoms with E-state index < -0.39 is 30.7 Å². The molecule has 3 rings (SSSR count). The van der Waals surface area contributed by atoms with Crippen molar-refractivity contribution in [3.63, 3.8) is 0 Å². The second-order valence-corrected chi connectivity index (χ2v) is 8.34. The van der Waals surface area contributed by atoms with Gasteiger partial charge in [0.2, 0.25) is 5.78 Å². The molecule has 1 saturated carbocycles. The molecule has 2 fully saturated rings. The Morgan fingerprint density at radius 3 is 2.45 bits per heavy atom. The maximum Gasteiger partial charge on any atom is 0.327 e. The number of ether oxygens (including phenoxy) is 2. The third kappa shape index (κ3) is 4.23. The quantitative estimate of drug-likeness (QED) is 0.354. The average molecular weight is 434 g/mol. The number of Topliss-reactive ketones (excluding diaryl/α,β-unsaturated/α-hetero) is 1. The molecule has 0 N–H and O–H groups in total. The van der Waals surface area contributed by atoms with Crippen molar-refractivity contribution in [2.75, 3.05) is 33.9 Å². The maximum atomic E-state index is 12.9. The predicted molar refractivity (Wildman–Crippen MR) is 112 cm³/mol. The van der Waals surface area contributed by atoms with E-state index in [-0.39, 0.29) is 11.7 Å². The van der Waals surface area contributed by atoms with Crippen molar-refractivity contribution in [3.8, 4) is 0 Å². The molecule has 1 aromatic rings. The van der Waals surface area contributed by atoms with Crippen molar-refractivity contribution >= 4 is 23.7 Å². The van der Waals surface area contributed by atoms with Crippen LogP contribution in [0.15, 0.2) is 6.07 Å². The normalized spacial score (nSPS) is 18.2. The monoisotopic (exact) mass is 433 g/mol. The second-order valence-electron chi connectivity index (χ2n) is 8.34. The third-order valence-corrected chi connectivity index (χ3v) is 6.53. The van der Waals surface area contributed by atoms with Crippen molar-refractivity contribution in [2.45, 2.75) is 58.0 Å². The van der Waals surface area contributed by atoms with E-state index >= 15 is 0 Å². The van der Waals surface area contributed by atoms with Crippen molar-refractivity contribution in [2.24, 2.45) is 0 Å². The van der Waals surface area contributed by atoms with Gasteiger partial charge in [-0.05, 0) is 32.8 Å². The number of likely N-dealkylation sites (N-methyl/N-ethyl adjacent to an activating group) is 1. The lowest BCUT2D eigenvalue weighted by atomic mass is 9.81. The Labute approximate surface area is 182 Å². The summed E-state index contributed by atoms with van der Waals surface area (Å²) in [7, 11) is 3.23. The Hall–Kier alpha value is -2.68. The van der Waals surface area contributed by atoms with Gasteiger partial charge in [0.15, 0.2) is 6.61 Å². The van der Waals surface area contributed by atoms with E-state index in [0.29, 0.717) is 31.6 Å². The first-order chi connectivity index (χ1) is 14.7. The number of esters is 1. The Kier molecular flexibility index (Phi) is 6.83. The molecule has 0 bridgehead atoms. The topological polar surface area (TPSA) is 98.2 Å². The number of methoxy groups -OCH3 is 1. The van der Waals surface area contributed by atoms with Crippen LogP contribution in [0.5, 0.6) is 0 Å². The van der Waals surface area contributed by atoms with Crippen LogP contribution in [0.1, 0.15) is 53.8 Å². The van der Waals surface area contributed by atoms with Crippen LogP contribution < -0.4 is 0 Å². The van der Waals surface area contributed by atoms with Crippen LogP contribution in [0.3, 0.4) is 0 Å². The highest BCUT2D eigenvalue weighted by Crippen LogP contribution is 2.39. The molecule has 0 aromatic carbocycles. The van der Waals surface area contributed by atoms with E-state index in [1.807, 2.05) is 18.4 Å². The van der Waals surface area contributed by atoms with Gasteiger partial charge in [-0.1, -0.05) is 19.3 Å². The number of rotatable bonds is 8. The summed E-state index contributed by atoms with van der Waals surface area (Å²) >= 11 is 0. The van der Waals surface area contributed by atoms with E-state index in [4.69, 9.17) is 9.47 Å². The number of ketones is 1. The zero-order valence-electron chi connectivity index (χ0n) is 18.7. The van der Waals surface area contributed by atoms with Crippen molar-refractivity contribution < 1.29 is 28.7 Å². The van der Waals surface area contributed by atoms with Gasteiger partial charge in [0.05, 0.1) is 6.61 Å². The van der Waals surface area contributed by atoms with Gasteiger partial charge in [-0.15, -0.1) is 0 Å². The maximum absolute atomic E-state index is 12.9. The van der Waals surface area contributed by atoms with Gasteiger partial charge in [-0.25, -0.2) is 4.79 Å². The largest absolute Gasteiger partial charge is 0.456 e. The number of urea groups is 1. The van der Waals surface area contributed by atoms with Crippen LogP contribution in [0.2, 0.25) is 0 Å². The molecular weight excluding hydrogens is 402 g/mol. The number of amides is 3. The zero-order chi connectivity index (χ0) is 22.8. The first kappa shape index (κ1) is 23.0. The minimum Gasteiger partial charge on any atom is -0.456 e. The minimum absolute atomic E-state index is 0.329. The van der Waals surface area contributed by atoms with E-state index in [0.717, 1.165) is 35.6 Å². The number of imide groups is 1. The lowest BCUT2D eigenvalue weighted by Crippen LogP contribution is -2.49. The van der Waals surface area contributed by atoms with Crippen LogP contribution in [0.4, 0.5) is 4.79 Å². The molecule has 9 nitrogen and oxygen atoms in total. The fourth-order valence-corrected chi connectivity index (χ4v) is 4.68. The Balaban J connectivity index is 1.60. The molecular formula is C22H31N3O6. The molecule has 31 heavy (non-hydrogen) atoms. The van der Waals surface area contributed by atoms with Crippen LogP contribution in [0, 0.1) is 13.8 Å². The van der Waals surface area contributed by atoms with E-state index in [1.165, 1.54) is 4.90 Å². The molecule has 170 valence electrons. The third-order valence-electron chi connectivity index (χ3n) is 6.53. The molecule has 0 unspecified atom stereocenters.